The highest BCUT2D eigenvalue weighted by Gasteiger charge is 2.23. The molecule has 0 radical (unpaired) electrons. The van der Waals surface area contributed by atoms with E-state index in [0.717, 1.165) is 43.3 Å². The van der Waals surface area contributed by atoms with Crippen LogP contribution in [-0.4, -0.2) is 24.9 Å². The Hall–Kier alpha value is -1.76. The Morgan fingerprint density at radius 3 is 2.91 bits per heavy atom. The molecule has 2 aromatic rings. The molecule has 7 heteroatoms. The zero-order valence-corrected chi connectivity index (χ0v) is 13.5. The summed E-state index contributed by atoms with van der Waals surface area (Å²) in [5, 5.41) is 16.2. The molecule has 7 nitrogen and oxygen atoms in total. The minimum Gasteiger partial charge on any atom is -0.338 e. The summed E-state index contributed by atoms with van der Waals surface area (Å²) in [6.45, 7) is 7.26. The maximum Gasteiger partial charge on any atom is 0.243 e. The molecule has 0 aromatic carbocycles. The van der Waals surface area contributed by atoms with Gasteiger partial charge in [-0.1, -0.05) is 12.1 Å². The average Bonchev–Trinajstić information content (AvgIpc) is 3.14. The Labute approximate surface area is 130 Å². The predicted molar refractivity (Wildman–Crippen MR) is 81.2 cm³/mol. The van der Waals surface area contributed by atoms with Crippen LogP contribution in [0.3, 0.4) is 0 Å². The van der Waals surface area contributed by atoms with Crippen LogP contribution >= 0.6 is 0 Å². The van der Waals surface area contributed by atoms with Crippen molar-refractivity contribution in [1.29, 1.82) is 0 Å². The Bertz CT molecular complexity index is 619. The van der Waals surface area contributed by atoms with Crippen LogP contribution in [0.25, 0.3) is 0 Å². The summed E-state index contributed by atoms with van der Waals surface area (Å²) in [7, 11) is 0. The van der Waals surface area contributed by atoms with Gasteiger partial charge in [-0.25, -0.2) is 0 Å². The van der Waals surface area contributed by atoms with Gasteiger partial charge in [0.05, 0.1) is 12.1 Å². The summed E-state index contributed by atoms with van der Waals surface area (Å²) in [6.07, 6.45) is 5.30. The molecule has 2 aromatic heterocycles. The molecule has 0 unspecified atom stereocenters. The SMILES string of the molecule is CCCc1noc([C@H](C)N[C@@H](C)c2nnc3n2CCCC3)n1. The lowest BCUT2D eigenvalue weighted by atomic mass is 10.1. The summed E-state index contributed by atoms with van der Waals surface area (Å²) in [6, 6.07) is 0.0838. The first kappa shape index (κ1) is 15.1. The first-order valence-electron chi connectivity index (χ1n) is 8.19. The van der Waals surface area contributed by atoms with E-state index in [0.29, 0.717) is 5.89 Å². The maximum atomic E-state index is 5.34. The topological polar surface area (TPSA) is 81.7 Å². The largest absolute Gasteiger partial charge is 0.338 e. The van der Waals surface area contributed by atoms with Crippen molar-refractivity contribution >= 4 is 0 Å². The first-order chi connectivity index (χ1) is 10.7. The third kappa shape index (κ3) is 3.04. The van der Waals surface area contributed by atoms with Crippen molar-refractivity contribution in [2.24, 2.45) is 0 Å². The highest BCUT2D eigenvalue weighted by molar-refractivity contribution is 5.04. The average molecular weight is 304 g/mol. The molecule has 0 fully saturated rings. The molecule has 0 aliphatic carbocycles. The van der Waals surface area contributed by atoms with Crippen LogP contribution in [0, 0.1) is 0 Å². The Balaban J connectivity index is 1.67. The summed E-state index contributed by atoms with van der Waals surface area (Å²) >= 11 is 0. The normalized spacial score (nSPS) is 17.2. The summed E-state index contributed by atoms with van der Waals surface area (Å²) < 4.78 is 7.58. The maximum absolute atomic E-state index is 5.34. The van der Waals surface area contributed by atoms with Gasteiger partial charge in [0, 0.05) is 19.4 Å². The first-order valence-corrected chi connectivity index (χ1v) is 8.19. The van der Waals surface area contributed by atoms with Crippen molar-refractivity contribution in [2.75, 3.05) is 0 Å². The standard InChI is InChI=1S/C15H24N6O/c1-4-7-12-17-15(22-20-12)11(3)16-10(2)14-19-18-13-8-5-6-9-21(13)14/h10-11,16H,4-9H2,1-3H3/t10-,11-/m0/s1. The van der Waals surface area contributed by atoms with Crippen LogP contribution in [0.4, 0.5) is 0 Å². The molecule has 1 aliphatic heterocycles. The van der Waals surface area contributed by atoms with Crippen LogP contribution in [-0.2, 0) is 19.4 Å². The number of hydrogen-bond acceptors (Lipinski definition) is 6. The highest BCUT2D eigenvalue weighted by Crippen LogP contribution is 2.21. The fraction of sp³-hybridized carbons (Fsp3) is 0.733. The fourth-order valence-electron chi connectivity index (χ4n) is 2.94. The van der Waals surface area contributed by atoms with Crippen LogP contribution < -0.4 is 5.32 Å². The van der Waals surface area contributed by atoms with E-state index in [-0.39, 0.29) is 12.1 Å². The van der Waals surface area contributed by atoms with Gasteiger partial charge in [0.15, 0.2) is 5.82 Å². The molecule has 120 valence electrons. The van der Waals surface area contributed by atoms with E-state index in [9.17, 15) is 0 Å². The fourth-order valence-corrected chi connectivity index (χ4v) is 2.94. The van der Waals surface area contributed by atoms with E-state index in [1.165, 1.54) is 12.8 Å². The van der Waals surface area contributed by atoms with Crippen molar-refractivity contribution in [3.05, 3.63) is 23.4 Å². The van der Waals surface area contributed by atoms with Gasteiger partial charge in [-0.05, 0) is 33.1 Å². The molecule has 3 rings (SSSR count). The Morgan fingerprint density at radius 2 is 2.09 bits per heavy atom. The zero-order chi connectivity index (χ0) is 15.5. The Morgan fingerprint density at radius 1 is 1.23 bits per heavy atom. The van der Waals surface area contributed by atoms with Gasteiger partial charge in [0.2, 0.25) is 5.89 Å². The van der Waals surface area contributed by atoms with Crippen LogP contribution in [0.2, 0.25) is 0 Å². The third-order valence-electron chi connectivity index (χ3n) is 4.10. The number of nitrogens with one attached hydrogen (secondary N) is 1. The van der Waals surface area contributed by atoms with Crippen LogP contribution in [0.5, 0.6) is 0 Å². The number of aromatic nitrogens is 5. The second-order valence-corrected chi connectivity index (χ2v) is 5.99. The van der Waals surface area contributed by atoms with Crippen molar-refractivity contribution in [3.8, 4) is 0 Å². The molecular weight excluding hydrogens is 280 g/mol. The smallest absolute Gasteiger partial charge is 0.243 e. The third-order valence-corrected chi connectivity index (χ3v) is 4.10. The summed E-state index contributed by atoms with van der Waals surface area (Å²) in [4.78, 5) is 4.44. The van der Waals surface area contributed by atoms with E-state index in [1.807, 2.05) is 6.92 Å². The van der Waals surface area contributed by atoms with Gasteiger partial charge < -0.3 is 9.09 Å². The lowest BCUT2D eigenvalue weighted by Crippen LogP contribution is -2.26. The number of hydrogen-bond donors (Lipinski definition) is 1. The molecular formula is C15H24N6O. The van der Waals surface area contributed by atoms with E-state index in [1.54, 1.807) is 0 Å². The van der Waals surface area contributed by atoms with E-state index in [4.69, 9.17) is 4.52 Å². The molecule has 0 amide bonds. The van der Waals surface area contributed by atoms with Gasteiger partial charge in [0.1, 0.15) is 11.6 Å². The van der Waals surface area contributed by atoms with Crippen LogP contribution in [0.15, 0.2) is 4.52 Å². The van der Waals surface area contributed by atoms with E-state index in [2.05, 4.69) is 44.1 Å². The van der Waals surface area contributed by atoms with Gasteiger partial charge in [0.25, 0.3) is 0 Å². The molecule has 0 saturated carbocycles. The van der Waals surface area contributed by atoms with Gasteiger partial charge >= 0.3 is 0 Å². The quantitative estimate of drug-likeness (QED) is 0.882. The number of aryl methyl sites for hydroxylation is 2. The van der Waals surface area contributed by atoms with Crippen molar-refractivity contribution in [3.63, 3.8) is 0 Å². The van der Waals surface area contributed by atoms with E-state index < -0.39 is 0 Å². The monoisotopic (exact) mass is 304 g/mol. The lowest BCUT2D eigenvalue weighted by Gasteiger charge is -2.20. The molecule has 1 N–H and O–H groups in total. The zero-order valence-electron chi connectivity index (χ0n) is 13.5. The molecule has 1 aliphatic rings. The Kier molecular flexibility index (Phi) is 4.52. The van der Waals surface area contributed by atoms with Crippen molar-refractivity contribution < 1.29 is 4.52 Å². The molecule has 22 heavy (non-hydrogen) atoms. The summed E-state index contributed by atoms with van der Waals surface area (Å²) in [5.74, 6) is 3.51. The van der Waals surface area contributed by atoms with Gasteiger partial charge in [-0.3, -0.25) is 5.32 Å². The lowest BCUT2D eigenvalue weighted by molar-refractivity contribution is 0.320. The second-order valence-electron chi connectivity index (χ2n) is 5.99. The summed E-state index contributed by atoms with van der Waals surface area (Å²) in [5.41, 5.74) is 0. The van der Waals surface area contributed by atoms with Crippen molar-refractivity contribution in [2.45, 2.75) is 71.5 Å². The highest BCUT2D eigenvalue weighted by atomic mass is 16.5. The van der Waals surface area contributed by atoms with E-state index >= 15 is 0 Å². The molecule has 3 heterocycles. The molecule has 0 spiro atoms. The minimum atomic E-state index is -0.00959. The molecule has 0 saturated heterocycles. The minimum absolute atomic E-state index is 0.00959. The van der Waals surface area contributed by atoms with Gasteiger partial charge in [-0.15, -0.1) is 10.2 Å². The van der Waals surface area contributed by atoms with Crippen molar-refractivity contribution in [1.82, 2.24) is 30.2 Å². The number of fused-ring (bicyclic) bond motifs is 1. The second kappa shape index (κ2) is 6.56. The molecule has 0 bridgehead atoms. The predicted octanol–water partition coefficient (Wildman–Crippen LogP) is 2.36. The number of nitrogens with zero attached hydrogens (tertiary/aromatic N) is 5. The van der Waals surface area contributed by atoms with Crippen LogP contribution in [0.1, 0.15) is 75.5 Å². The number of rotatable bonds is 6. The van der Waals surface area contributed by atoms with Gasteiger partial charge in [-0.2, -0.15) is 4.98 Å². The molecule has 2 atom stereocenters.